The van der Waals surface area contributed by atoms with E-state index in [4.69, 9.17) is 9.47 Å². The van der Waals surface area contributed by atoms with Gasteiger partial charge in [0.1, 0.15) is 12.6 Å². The summed E-state index contributed by atoms with van der Waals surface area (Å²) in [5.41, 5.74) is 2.16. The standard InChI is InChI=1S/C27H39N3O6S/c1-8-23(27(32)28-16-19(2)3)29(17-21-11-9-20(4)10-12-21)26(31)18-30(37(7,33)34)22-13-14-24(35-5)25(15-22)36-6/h9-15,19,23H,8,16-18H2,1-7H3,(H,28,32)/t23-/m1/s1. The highest BCUT2D eigenvalue weighted by molar-refractivity contribution is 7.92. The van der Waals surface area contributed by atoms with Gasteiger partial charge in [-0.2, -0.15) is 0 Å². The van der Waals surface area contributed by atoms with Crippen LogP contribution in [0.25, 0.3) is 0 Å². The van der Waals surface area contributed by atoms with Crippen LogP contribution >= 0.6 is 0 Å². The number of nitrogens with zero attached hydrogens (tertiary/aromatic N) is 2. The predicted octanol–water partition coefficient (Wildman–Crippen LogP) is 3.36. The highest BCUT2D eigenvalue weighted by Crippen LogP contribution is 2.32. The molecular formula is C27H39N3O6S. The van der Waals surface area contributed by atoms with Gasteiger partial charge in [0.05, 0.1) is 26.2 Å². The number of carbonyl (C=O) groups is 2. The molecule has 0 saturated heterocycles. The van der Waals surface area contributed by atoms with Gasteiger partial charge in [-0.05, 0) is 37.0 Å². The summed E-state index contributed by atoms with van der Waals surface area (Å²) >= 11 is 0. The lowest BCUT2D eigenvalue weighted by Gasteiger charge is -2.33. The van der Waals surface area contributed by atoms with Gasteiger partial charge in [-0.15, -0.1) is 0 Å². The van der Waals surface area contributed by atoms with Crippen molar-refractivity contribution in [1.82, 2.24) is 10.2 Å². The van der Waals surface area contributed by atoms with E-state index in [1.54, 1.807) is 12.1 Å². The molecule has 0 unspecified atom stereocenters. The number of hydrogen-bond donors (Lipinski definition) is 1. The van der Waals surface area contributed by atoms with Crippen molar-refractivity contribution >= 4 is 27.5 Å². The molecule has 0 aliphatic heterocycles. The normalized spacial score (nSPS) is 12.1. The smallest absolute Gasteiger partial charge is 0.244 e. The van der Waals surface area contributed by atoms with E-state index in [-0.39, 0.29) is 24.1 Å². The number of amides is 2. The first-order valence-electron chi connectivity index (χ1n) is 12.2. The van der Waals surface area contributed by atoms with E-state index in [1.165, 1.54) is 25.2 Å². The molecule has 0 aliphatic rings. The molecule has 2 amide bonds. The zero-order valence-electron chi connectivity index (χ0n) is 22.8. The molecule has 1 atom stereocenters. The molecule has 0 heterocycles. The van der Waals surface area contributed by atoms with Crippen LogP contribution in [-0.2, 0) is 26.2 Å². The van der Waals surface area contributed by atoms with E-state index in [2.05, 4.69) is 5.32 Å². The van der Waals surface area contributed by atoms with Crippen molar-refractivity contribution in [3.63, 3.8) is 0 Å². The number of sulfonamides is 1. The van der Waals surface area contributed by atoms with Crippen LogP contribution < -0.4 is 19.1 Å². The van der Waals surface area contributed by atoms with Crippen molar-refractivity contribution < 1.29 is 27.5 Å². The maximum atomic E-state index is 13.7. The molecule has 0 bridgehead atoms. The number of benzene rings is 2. The van der Waals surface area contributed by atoms with Gasteiger partial charge in [0.2, 0.25) is 21.8 Å². The van der Waals surface area contributed by atoms with Crippen LogP contribution in [0.2, 0.25) is 0 Å². The van der Waals surface area contributed by atoms with Crippen LogP contribution in [0.3, 0.4) is 0 Å². The summed E-state index contributed by atoms with van der Waals surface area (Å²) in [7, 11) is -0.928. The molecule has 37 heavy (non-hydrogen) atoms. The molecule has 204 valence electrons. The summed E-state index contributed by atoms with van der Waals surface area (Å²) in [5, 5.41) is 2.91. The van der Waals surface area contributed by atoms with Crippen LogP contribution in [0.4, 0.5) is 5.69 Å². The number of rotatable bonds is 13. The molecule has 0 aliphatic carbocycles. The Morgan fingerprint density at radius 3 is 2.14 bits per heavy atom. The van der Waals surface area contributed by atoms with E-state index < -0.39 is 28.5 Å². The number of nitrogens with one attached hydrogen (secondary N) is 1. The number of methoxy groups -OCH3 is 2. The van der Waals surface area contributed by atoms with Crippen LogP contribution in [0, 0.1) is 12.8 Å². The van der Waals surface area contributed by atoms with Crippen molar-refractivity contribution in [2.75, 3.05) is 37.9 Å². The lowest BCUT2D eigenvalue weighted by Crippen LogP contribution is -2.52. The Bertz CT molecular complexity index is 1170. The van der Waals surface area contributed by atoms with E-state index in [9.17, 15) is 18.0 Å². The van der Waals surface area contributed by atoms with Gasteiger partial charge in [-0.1, -0.05) is 50.6 Å². The van der Waals surface area contributed by atoms with Gasteiger partial charge in [0.15, 0.2) is 11.5 Å². The minimum absolute atomic E-state index is 0.163. The third-order valence-corrected chi connectivity index (χ3v) is 7.02. The van der Waals surface area contributed by atoms with Crippen LogP contribution in [-0.4, -0.2) is 64.7 Å². The first-order valence-corrected chi connectivity index (χ1v) is 14.1. The minimum Gasteiger partial charge on any atom is -0.493 e. The second-order valence-corrected chi connectivity index (χ2v) is 11.3. The van der Waals surface area contributed by atoms with Crippen LogP contribution in [0.5, 0.6) is 11.5 Å². The topological polar surface area (TPSA) is 105 Å². The molecule has 2 aromatic rings. The molecule has 1 N–H and O–H groups in total. The Kier molecular flexibility index (Phi) is 10.8. The van der Waals surface area contributed by atoms with Gasteiger partial charge in [0, 0.05) is 19.2 Å². The maximum absolute atomic E-state index is 13.7. The van der Waals surface area contributed by atoms with Crippen LogP contribution in [0.1, 0.15) is 38.3 Å². The van der Waals surface area contributed by atoms with Gasteiger partial charge >= 0.3 is 0 Å². The zero-order chi connectivity index (χ0) is 27.8. The summed E-state index contributed by atoms with van der Waals surface area (Å²) in [5.74, 6) is 0.242. The number of aryl methyl sites for hydroxylation is 1. The second-order valence-electron chi connectivity index (χ2n) is 9.38. The Balaban J connectivity index is 2.46. The Morgan fingerprint density at radius 2 is 1.62 bits per heavy atom. The van der Waals surface area contributed by atoms with E-state index in [0.29, 0.717) is 24.5 Å². The quantitative estimate of drug-likeness (QED) is 0.423. The van der Waals surface area contributed by atoms with Gasteiger partial charge in [0.25, 0.3) is 0 Å². The average molecular weight is 534 g/mol. The molecule has 2 rings (SSSR count). The Labute approximate surface area is 220 Å². The van der Waals surface area contributed by atoms with Gasteiger partial charge in [-0.25, -0.2) is 8.42 Å². The molecule has 0 fully saturated rings. The minimum atomic E-state index is -3.85. The van der Waals surface area contributed by atoms with Gasteiger partial charge < -0.3 is 19.7 Å². The monoisotopic (exact) mass is 533 g/mol. The van der Waals surface area contributed by atoms with Crippen LogP contribution in [0.15, 0.2) is 42.5 Å². The Hall–Kier alpha value is -3.27. The fraction of sp³-hybridized carbons (Fsp3) is 0.481. The average Bonchev–Trinajstić information content (AvgIpc) is 2.85. The summed E-state index contributed by atoms with van der Waals surface area (Å²) in [6, 6.07) is 11.5. The second kappa shape index (κ2) is 13.3. The van der Waals surface area contributed by atoms with Crippen molar-refractivity contribution in [3.8, 4) is 11.5 Å². The largest absolute Gasteiger partial charge is 0.493 e. The zero-order valence-corrected chi connectivity index (χ0v) is 23.6. The molecule has 10 heteroatoms. The lowest BCUT2D eigenvalue weighted by molar-refractivity contribution is -0.140. The van der Waals surface area contributed by atoms with E-state index >= 15 is 0 Å². The number of hydrogen-bond acceptors (Lipinski definition) is 6. The highest BCUT2D eigenvalue weighted by Gasteiger charge is 2.32. The van der Waals surface area contributed by atoms with E-state index in [0.717, 1.165) is 21.7 Å². The molecule has 0 spiro atoms. The van der Waals surface area contributed by atoms with Crippen molar-refractivity contribution in [3.05, 3.63) is 53.6 Å². The fourth-order valence-corrected chi connectivity index (χ4v) is 4.67. The summed E-state index contributed by atoms with van der Waals surface area (Å²) < 4.78 is 37.2. The molecule has 0 aromatic heterocycles. The predicted molar refractivity (Wildman–Crippen MR) is 145 cm³/mol. The fourth-order valence-electron chi connectivity index (χ4n) is 3.83. The van der Waals surface area contributed by atoms with E-state index in [1.807, 2.05) is 52.0 Å². The highest BCUT2D eigenvalue weighted by atomic mass is 32.2. The molecule has 0 radical (unpaired) electrons. The maximum Gasteiger partial charge on any atom is 0.244 e. The summed E-state index contributed by atoms with van der Waals surface area (Å²) in [4.78, 5) is 28.3. The third kappa shape index (κ3) is 8.38. The third-order valence-electron chi connectivity index (χ3n) is 5.88. The SMILES string of the molecule is CC[C@H](C(=O)NCC(C)C)N(Cc1ccc(C)cc1)C(=O)CN(c1ccc(OC)c(OC)c1)S(C)(=O)=O. The number of ether oxygens (including phenoxy) is 2. The molecular weight excluding hydrogens is 494 g/mol. The summed E-state index contributed by atoms with van der Waals surface area (Å²) in [6.45, 7) is 7.94. The summed E-state index contributed by atoms with van der Waals surface area (Å²) in [6.07, 6.45) is 1.41. The number of carbonyl (C=O) groups excluding carboxylic acids is 2. The number of anilines is 1. The van der Waals surface area contributed by atoms with Crippen molar-refractivity contribution in [1.29, 1.82) is 0 Å². The van der Waals surface area contributed by atoms with Crippen molar-refractivity contribution in [2.45, 2.75) is 46.7 Å². The molecule has 9 nitrogen and oxygen atoms in total. The Morgan fingerprint density at radius 1 is 1.00 bits per heavy atom. The molecule has 0 saturated carbocycles. The molecule has 2 aromatic carbocycles. The van der Waals surface area contributed by atoms with Crippen molar-refractivity contribution in [2.24, 2.45) is 5.92 Å². The lowest BCUT2D eigenvalue weighted by atomic mass is 10.1. The first-order chi connectivity index (χ1) is 17.4. The van der Waals surface area contributed by atoms with Gasteiger partial charge in [-0.3, -0.25) is 13.9 Å². The first kappa shape index (κ1) is 30.0.